The van der Waals surface area contributed by atoms with E-state index in [4.69, 9.17) is 10.2 Å². The number of hydrogen-bond acceptors (Lipinski definition) is 6. The molecule has 0 aromatic heterocycles. The Morgan fingerprint density at radius 2 is 1.41 bits per heavy atom. The van der Waals surface area contributed by atoms with E-state index < -0.39 is 21.8 Å². The van der Waals surface area contributed by atoms with Gasteiger partial charge in [-0.15, -0.1) is 0 Å². The Balaban J connectivity index is 0.000000312. The van der Waals surface area contributed by atoms with Crippen LogP contribution in [-0.2, 0) is 25.2 Å². The predicted molar refractivity (Wildman–Crippen MR) is 119 cm³/mol. The third kappa shape index (κ3) is 5.61. The van der Waals surface area contributed by atoms with Gasteiger partial charge in [0.15, 0.2) is 9.84 Å². The average Bonchev–Trinajstić information content (AvgIpc) is 2.85. The number of benzene rings is 2. The third-order valence-electron chi connectivity index (χ3n) is 5.52. The number of carboxylic acid groups (broad SMARTS) is 2. The number of carboxylic acids is 2. The van der Waals surface area contributed by atoms with Crippen LogP contribution < -0.4 is 0 Å². The van der Waals surface area contributed by atoms with E-state index in [1.807, 2.05) is 36.4 Å². The first-order valence-corrected chi connectivity index (χ1v) is 11.8. The molecule has 0 saturated carbocycles. The first-order chi connectivity index (χ1) is 15.2. The molecule has 2 heterocycles. The number of nitrogens with zero attached hydrogens (tertiary/aromatic N) is 2. The number of likely N-dealkylation sites (N-methyl/N-ethyl adjacent to an activating group) is 1. The monoisotopic (exact) mass is 458 g/mol. The van der Waals surface area contributed by atoms with E-state index in [1.54, 1.807) is 6.07 Å². The molecule has 0 radical (unpaired) electrons. The number of aliphatic carboxylic acids is 2. The largest absolute Gasteiger partial charge is 0.478 e. The lowest BCUT2D eigenvalue weighted by molar-refractivity contribution is -0.134. The molecule has 2 aliphatic heterocycles. The fourth-order valence-corrected chi connectivity index (χ4v) is 5.64. The molecule has 170 valence electrons. The summed E-state index contributed by atoms with van der Waals surface area (Å²) in [6.45, 7) is 3.91. The highest BCUT2D eigenvalue weighted by atomic mass is 32.2. The highest BCUT2D eigenvalue weighted by molar-refractivity contribution is 7.90. The molecule has 0 amide bonds. The molecule has 8 nitrogen and oxygen atoms in total. The molecule has 1 atom stereocenters. The second kappa shape index (κ2) is 10.1. The zero-order valence-corrected chi connectivity index (χ0v) is 18.5. The molecule has 1 fully saturated rings. The Labute approximate surface area is 187 Å². The summed E-state index contributed by atoms with van der Waals surface area (Å²) in [6.07, 6.45) is 1.12. The van der Waals surface area contributed by atoms with E-state index in [2.05, 4.69) is 22.9 Å². The van der Waals surface area contributed by atoms with Crippen LogP contribution in [0.4, 0.5) is 0 Å². The molecule has 32 heavy (non-hydrogen) atoms. The molecule has 2 aliphatic rings. The van der Waals surface area contributed by atoms with Crippen molar-refractivity contribution in [1.29, 1.82) is 0 Å². The first kappa shape index (κ1) is 23.6. The summed E-state index contributed by atoms with van der Waals surface area (Å²) >= 11 is 0. The van der Waals surface area contributed by atoms with Gasteiger partial charge in [0, 0.05) is 38.3 Å². The number of sulfone groups is 1. The summed E-state index contributed by atoms with van der Waals surface area (Å²) in [6, 6.07) is 15.5. The minimum atomic E-state index is -3.31. The van der Waals surface area contributed by atoms with Crippen LogP contribution in [0.2, 0.25) is 0 Å². The molecule has 0 spiro atoms. The van der Waals surface area contributed by atoms with Crippen molar-refractivity contribution in [2.24, 2.45) is 0 Å². The van der Waals surface area contributed by atoms with Gasteiger partial charge in [-0.05, 0) is 29.8 Å². The SMILES string of the molecule is CN1CCN(C2c3ccccc3CS(=O)(=O)c3ccccc32)CC1.O=C(O)/C=C\C(=O)O. The predicted octanol–water partition coefficient (Wildman–Crippen LogP) is 2.02. The molecule has 2 aromatic carbocycles. The quantitative estimate of drug-likeness (QED) is 0.672. The van der Waals surface area contributed by atoms with E-state index >= 15 is 0 Å². The molecule has 1 saturated heterocycles. The molecule has 4 rings (SSSR count). The van der Waals surface area contributed by atoms with E-state index in [9.17, 15) is 18.0 Å². The van der Waals surface area contributed by atoms with Gasteiger partial charge in [0.2, 0.25) is 0 Å². The average molecular weight is 459 g/mol. The standard InChI is InChI=1S/C19H22N2O2S.C4H4O4/c1-20-10-12-21(13-11-20)19-16-7-3-2-6-15(16)14-24(22,23)18-9-5-4-8-17(18)19;5-3(6)1-2-4(7)8/h2-9,19H,10-14H2,1H3;1-2H,(H,5,6)(H,7,8)/b;2-1-. The lowest BCUT2D eigenvalue weighted by atomic mass is 9.93. The normalized spacial score (nSPS) is 20.3. The minimum absolute atomic E-state index is 0.0170. The summed E-state index contributed by atoms with van der Waals surface area (Å²) < 4.78 is 25.8. The second-order valence-electron chi connectivity index (χ2n) is 7.75. The second-order valence-corrected chi connectivity index (χ2v) is 9.71. The molecule has 2 aromatic rings. The van der Waals surface area contributed by atoms with Crippen LogP contribution in [0.15, 0.2) is 65.6 Å². The van der Waals surface area contributed by atoms with Crippen molar-refractivity contribution in [3.05, 3.63) is 77.4 Å². The van der Waals surface area contributed by atoms with Crippen LogP contribution in [0.25, 0.3) is 0 Å². The maximum Gasteiger partial charge on any atom is 0.328 e. The Kier molecular flexibility index (Phi) is 7.44. The van der Waals surface area contributed by atoms with Gasteiger partial charge in [-0.1, -0.05) is 42.5 Å². The topological polar surface area (TPSA) is 115 Å². The molecular formula is C23H26N2O6S. The van der Waals surface area contributed by atoms with E-state index in [-0.39, 0.29) is 11.8 Å². The Hall–Kier alpha value is -3.01. The van der Waals surface area contributed by atoms with Gasteiger partial charge in [0.05, 0.1) is 16.7 Å². The van der Waals surface area contributed by atoms with Crippen LogP contribution in [0, 0.1) is 0 Å². The van der Waals surface area contributed by atoms with Crippen LogP contribution >= 0.6 is 0 Å². The summed E-state index contributed by atoms with van der Waals surface area (Å²) in [5.74, 6) is -2.43. The molecule has 0 aliphatic carbocycles. The number of hydrogen-bond donors (Lipinski definition) is 2. The first-order valence-electron chi connectivity index (χ1n) is 10.1. The molecule has 2 N–H and O–H groups in total. The van der Waals surface area contributed by atoms with Gasteiger partial charge in [0.1, 0.15) is 0 Å². The molecular weight excluding hydrogens is 432 g/mol. The van der Waals surface area contributed by atoms with Crippen molar-refractivity contribution in [1.82, 2.24) is 9.80 Å². The minimum Gasteiger partial charge on any atom is -0.478 e. The smallest absolute Gasteiger partial charge is 0.328 e. The van der Waals surface area contributed by atoms with Gasteiger partial charge in [0.25, 0.3) is 0 Å². The fourth-order valence-electron chi connectivity index (χ4n) is 3.99. The Morgan fingerprint density at radius 1 is 0.875 bits per heavy atom. The van der Waals surface area contributed by atoms with E-state index in [0.717, 1.165) is 42.9 Å². The molecule has 0 bridgehead atoms. The van der Waals surface area contributed by atoms with Crippen molar-refractivity contribution in [2.75, 3.05) is 33.2 Å². The summed E-state index contributed by atoms with van der Waals surface area (Å²) in [5, 5.41) is 15.6. The Morgan fingerprint density at radius 3 is 2.00 bits per heavy atom. The van der Waals surface area contributed by atoms with Gasteiger partial charge < -0.3 is 15.1 Å². The number of carbonyl (C=O) groups is 2. The molecule has 1 unspecified atom stereocenters. The zero-order valence-electron chi connectivity index (χ0n) is 17.7. The molecule has 9 heteroatoms. The van der Waals surface area contributed by atoms with Crippen molar-refractivity contribution in [3.63, 3.8) is 0 Å². The third-order valence-corrected chi connectivity index (χ3v) is 7.25. The maximum absolute atomic E-state index is 12.9. The van der Waals surface area contributed by atoms with Crippen LogP contribution in [0.3, 0.4) is 0 Å². The summed E-state index contributed by atoms with van der Waals surface area (Å²) in [5.41, 5.74) is 2.99. The van der Waals surface area contributed by atoms with Gasteiger partial charge in [-0.2, -0.15) is 0 Å². The van der Waals surface area contributed by atoms with E-state index in [0.29, 0.717) is 17.0 Å². The van der Waals surface area contributed by atoms with Crippen LogP contribution in [-0.4, -0.2) is 73.6 Å². The zero-order chi connectivity index (χ0) is 23.3. The number of rotatable bonds is 3. The summed E-state index contributed by atoms with van der Waals surface area (Å²) in [7, 11) is -1.18. The van der Waals surface area contributed by atoms with Crippen molar-refractivity contribution >= 4 is 21.8 Å². The van der Waals surface area contributed by atoms with Crippen molar-refractivity contribution < 1.29 is 28.2 Å². The number of piperazine rings is 1. The Bertz CT molecular complexity index is 1100. The van der Waals surface area contributed by atoms with Gasteiger partial charge >= 0.3 is 11.9 Å². The number of fused-ring (bicyclic) bond motifs is 2. The highest BCUT2D eigenvalue weighted by Crippen LogP contribution is 2.39. The van der Waals surface area contributed by atoms with Crippen molar-refractivity contribution in [2.45, 2.75) is 16.7 Å². The van der Waals surface area contributed by atoms with Crippen molar-refractivity contribution in [3.8, 4) is 0 Å². The lowest BCUT2D eigenvalue weighted by Gasteiger charge is -2.38. The highest BCUT2D eigenvalue weighted by Gasteiger charge is 2.35. The van der Waals surface area contributed by atoms with E-state index in [1.165, 1.54) is 0 Å². The summed E-state index contributed by atoms with van der Waals surface area (Å²) in [4.78, 5) is 24.3. The maximum atomic E-state index is 12.9. The lowest BCUT2D eigenvalue weighted by Crippen LogP contribution is -2.46. The fraction of sp³-hybridized carbons (Fsp3) is 0.304. The van der Waals surface area contributed by atoms with Gasteiger partial charge in [-0.3, -0.25) is 4.90 Å². The van der Waals surface area contributed by atoms with Gasteiger partial charge in [-0.25, -0.2) is 18.0 Å². The van der Waals surface area contributed by atoms with Crippen LogP contribution in [0.1, 0.15) is 22.7 Å². The van der Waals surface area contributed by atoms with Crippen LogP contribution in [0.5, 0.6) is 0 Å².